The van der Waals surface area contributed by atoms with Gasteiger partial charge in [-0.2, -0.15) is 0 Å². The third kappa shape index (κ3) is 2.06. The zero-order chi connectivity index (χ0) is 11.8. The van der Waals surface area contributed by atoms with Crippen LogP contribution < -0.4 is 5.73 Å². The highest BCUT2D eigenvalue weighted by Crippen LogP contribution is 2.33. The lowest BCUT2D eigenvalue weighted by Crippen LogP contribution is -2.26. The fourth-order valence-corrected chi connectivity index (χ4v) is 3.36. The molecule has 1 aliphatic rings. The van der Waals surface area contributed by atoms with Crippen molar-refractivity contribution in [1.82, 2.24) is 4.98 Å². The minimum absolute atomic E-state index is 0.278. The van der Waals surface area contributed by atoms with Crippen LogP contribution in [0.1, 0.15) is 17.0 Å². The summed E-state index contributed by atoms with van der Waals surface area (Å²) in [5.74, 6) is 0.285. The Morgan fingerprint density at radius 3 is 3.12 bits per heavy atom. The number of aryl methyl sites for hydroxylation is 1. The number of hydrogen-bond acceptors (Lipinski definition) is 4. The van der Waals surface area contributed by atoms with E-state index in [1.54, 1.807) is 23.5 Å². The van der Waals surface area contributed by atoms with Crippen LogP contribution in [0.2, 0.25) is 0 Å². The molecule has 0 saturated heterocycles. The molecule has 17 heavy (non-hydrogen) atoms. The summed E-state index contributed by atoms with van der Waals surface area (Å²) in [6.07, 6.45) is 2.94. The Balaban J connectivity index is 2.00. The molecule has 0 aliphatic heterocycles. The average Bonchev–Trinajstić information content (AvgIpc) is 2.72. The van der Waals surface area contributed by atoms with Crippen molar-refractivity contribution in [3.8, 4) is 16.3 Å². The molecule has 0 amide bonds. The molecule has 2 aromatic rings. The van der Waals surface area contributed by atoms with Gasteiger partial charge >= 0.3 is 0 Å². The maximum Gasteiger partial charge on any atom is 0.124 e. The van der Waals surface area contributed by atoms with Crippen molar-refractivity contribution in [2.45, 2.75) is 25.3 Å². The second kappa shape index (κ2) is 4.13. The zero-order valence-electron chi connectivity index (χ0n) is 9.39. The molecule has 1 aromatic carbocycles. The molecule has 0 spiro atoms. The third-order valence-electron chi connectivity index (χ3n) is 3.07. The van der Waals surface area contributed by atoms with Crippen LogP contribution in [-0.4, -0.2) is 16.1 Å². The number of fused-ring (bicyclic) bond motifs is 1. The van der Waals surface area contributed by atoms with Gasteiger partial charge in [0.05, 0.1) is 5.69 Å². The Morgan fingerprint density at radius 2 is 2.29 bits per heavy atom. The van der Waals surface area contributed by atoms with Crippen molar-refractivity contribution in [2.24, 2.45) is 5.73 Å². The molecule has 88 valence electrons. The number of nitrogens with zero attached hydrogens (tertiary/aromatic N) is 1. The first-order chi connectivity index (χ1) is 8.22. The smallest absolute Gasteiger partial charge is 0.124 e. The second-order valence-electron chi connectivity index (χ2n) is 4.44. The summed E-state index contributed by atoms with van der Waals surface area (Å²) < 4.78 is 0. The number of benzene rings is 1. The molecular weight excluding hydrogens is 232 g/mol. The first-order valence-corrected chi connectivity index (χ1v) is 6.57. The molecule has 3 N–H and O–H groups in total. The first-order valence-electron chi connectivity index (χ1n) is 5.76. The van der Waals surface area contributed by atoms with Crippen molar-refractivity contribution < 1.29 is 5.11 Å². The van der Waals surface area contributed by atoms with E-state index < -0.39 is 0 Å². The molecule has 0 saturated carbocycles. The van der Waals surface area contributed by atoms with Gasteiger partial charge in [-0.05, 0) is 31.4 Å². The quantitative estimate of drug-likeness (QED) is 0.812. The average molecular weight is 246 g/mol. The summed E-state index contributed by atoms with van der Waals surface area (Å²) in [5.41, 5.74) is 8.13. The predicted molar refractivity (Wildman–Crippen MR) is 69.2 cm³/mol. The van der Waals surface area contributed by atoms with E-state index in [0.29, 0.717) is 0 Å². The molecule has 1 unspecified atom stereocenters. The Hall–Kier alpha value is -1.39. The lowest BCUT2D eigenvalue weighted by Gasteiger charge is -2.15. The summed E-state index contributed by atoms with van der Waals surface area (Å²) in [6.45, 7) is 0. The summed E-state index contributed by atoms with van der Waals surface area (Å²) in [4.78, 5) is 5.96. The molecule has 3 nitrogen and oxygen atoms in total. The molecular formula is C13H14N2OS. The van der Waals surface area contributed by atoms with Gasteiger partial charge in [-0.15, -0.1) is 11.3 Å². The van der Waals surface area contributed by atoms with Crippen LogP contribution in [0.3, 0.4) is 0 Å². The molecule has 1 atom stereocenters. The van der Waals surface area contributed by atoms with E-state index in [4.69, 9.17) is 5.73 Å². The van der Waals surface area contributed by atoms with Crippen LogP contribution >= 0.6 is 11.3 Å². The van der Waals surface area contributed by atoms with Gasteiger partial charge in [0.1, 0.15) is 10.8 Å². The van der Waals surface area contributed by atoms with Gasteiger partial charge in [0.15, 0.2) is 0 Å². The summed E-state index contributed by atoms with van der Waals surface area (Å²) >= 11 is 1.70. The lowest BCUT2D eigenvalue weighted by molar-refractivity contribution is 0.475. The van der Waals surface area contributed by atoms with Gasteiger partial charge in [0.2, 0.25) is 0 Å². The molecule has 0 fully saturated rings. The minimum Gasteiger partial charge on any atom is -0.508 e. The molecule has 1 heterocycles. The maximum absolute atomic E-state index is 9.48. The van der Waals surface area contributed by atoms with Gasteiger partial charge < -0.3 is 10.8 Å². The van der Waals surface area contributed by atoms with Crippen LogP contribution in [0.25, 0.3) is 10.6 Å². The van der Waals surface area contributed by atoms with E-state index in [9.17, 15) is 5.11 Å². The van der Waals surface area contributed by atoms with E-state index >= 15 is 0 Å². The third-order valence-corrected chi connectivity index (χ3v) is 4.24. The van der Waals surface area contributed by atoms with E-state index in [1.165, 1.54) is 10.6 Å². The Kier molecular flexibility index (Phi) is 2.61. The highest BCUT2D eigenvalue weighted by atomic mass is 32.1. The monoisotopic (exact) mass is 246 g/mol. The zero-order valence-corrected chi connectivity index (χ0v) is 10.2. The highest BCUT2D eigenvalue weighted by Gasteiger charge is 2.20. The molecule has 1 aromatic heterocycles. The standard InChI is InChI=1S/C13H14N2OS/c14-9-4-5-11-12(7-9)17-13(15-11)8-2-1-3-10(16)6-8/h1-3,6,9,16H,4-5,7,14H2. The van der Waals surface area contributed by atoms with Crippen molar-refractivity contribution in [3.63, 3.8) is 0 Å². The summed E-state index contributed by atoms with van der Waals surface area (Å²) in [6, 6.07) is 7.53. The largest absolute Gasteiger partial charge is 0.508 e. The van der Waals surface area contributed by atoms with Crippen LogP contribution in [0.4, 0.5) is 0 Å². The summed E-state index contributed by atoms with van der Waals surface area (Å²) in [7, 11) is 0. The number of rotatable bonds is 1. The number of phenols is 1. The number of aromatic hydroxyl groups is 1. The van der Waals surface area contributed by atoms with Crippen molar-refractivity contribution in [2.75, 3.05) is 0 Å². The van der Waals surface area contributed by atoms with Crippen molar-refractivity contribution in [1.29, 1.82) is 0 Å². The van der Waals surface area contributed by atoms with E-state index in [0.717, 1.165) is 29.8 Å². The van der Waals surface area contributed by atoms with Gasteiger partial charge in [0, 0.05) is 16.5 Å². The predicted octanol–water partition coefficient (Wildman–Crippen LogP) is 2.33. The summed E-state index contributed by atoms with van der Waals surface area (Å²) in [5, 5.41) is 10.5. The van der Waals surface area contributed by atoms with Gasteiger partial charge in [0.25, 0.3) is 0 Å². The SMILES string of the molecule is NC1CCc2nc(-c3cccc(O)c3)sc2C1. The van der Waals surface area contributed by atoms with Crippen LogP contribution in [0, 0.1) is 0 Å². The number of nitrogens with two attached hydrogens (primary N) is 1. The second-order valence-corrected chi connectivity index (χ2v) is 5.53. The maximum atomic E-state index is 9.48. The minimum atomic E-state index is 0.278. The van der Waals surface area contributed by atoms with E-state index in [1.807, 2.05) is 12.1 Å². The van der Waals surface area contributed by atoms with Crippen molar-refractivity contribution >= 4 is 11.3 Å². The Bertz CT molecular complexity index is 550. The molecule has 3 rings (SSSR count). The fourth-order valence-electron chi connectivity index (χ4n) is 2.16. The number of aromatic nitrogens is 1. The molecule has 1 aliphatic carbocycles. The number of thiazole rings is 1. The van der Waals surface area contributed by atoms with E-state index in [2.05, 4.69) is 4.98 Å². The normalized spacial score (nSPS) is 19.0. The van der Waals surface area contributed by atoms with Gasteiger partial charge in [-0.25, -0.2) is 4.98 Å². The van der Waals surface area contributed by atoms with Gasteiger partial charge in [-0.3, -0.25) is 0 Å². The van der Waals surface area contributed by atoms with E-state index in [-0.39, 0.29) is 11.8 Å². The lowest BCUT2D eigenvalue weighted by atomic mass is 9.99. The molecule has 4 heteroatoms. The fraction of sp³-hybridized carbons (Fsp3) is 0.308. The first kappa shape index (κ1) is 10.7. The number of phenolic OH excluding ortho intramolecular Hbond substituents is 1. The van der Waals surface area contributed by atoms with Crippen LogP contribution in [0.15, 0.2) is 24.3 Å². The van der Waals surface area contributed by atoms with Crippen molar-refractivity contribution in [3.05, 3.63) is 34.8 Å². The molecule has 0 bridgehead atoms. The Labute approximate surface area is 104 Å². The highest BCUT2D eigenvalue weighted by molar-refractivity contribution is 7.15. The topological polar surface area (TPSA) is 59.1 Å². The molecule has 0 radical (unpaired) electrons. The number of hydrogen-bond donors (Lipinski definition) is 2. The van der Waals surface area contributed by atoms with Crippen LogP contribution in [-0.2, 0) is 12.8 Å². The van der Waals surface area contributed by atoms with Crippen LogP contribution in [0.5, 0.6) is 5.75 Å². The van der Waals surface area contributed by atoms with Gasteiger partial charge in [-0.1, -0.05) is 12.1 Å². The Morgan fingerprint density at radius 1 is 1.41 bits per heavy atom.